The van der Waals surface area contributed by atoms with Crippen LogP contribution in [0.2, 0.25) is 36.3 Å². The van der Waals surface area contributed by atoms with Gasteiger partial charge in [0.2, 0.25) is 0 Å². The van der Waals surface area contributed by atoms with Crippen LogP contribution >= 0.6 is 0 Å². The minimum absolute atomic E-state index is 0.419. The molecule has 0 radical (unpaired) electrons. The van der Waals surface area contributed by atoms with Gasteiger partial charge < -0.3 is 0 Å². The van der Waals surface area contributed by atoms with E-state index in [0.29, 0.717) is 14.4 Å². The van der Waals surface area contributed by atoms with Crippen LogP contribution in [0.5, 0.6) is 0 Å². The van der Waals surface area contributed by atoms with Crippen molar-refractivity contribution in [3.8, 4) is 0 Å². The van der Waals surface area contributed by atoms with Crippen molar-refractivity contribution in [2.45, 2.75) is 97.1 Å². The molecule has 0 nitrogen and oxygen atoms in total. The van der Waals surface area contributed by atoms with Gasteiger partial charge in [0.05, 0.1) is 0 Å². The molecule has 0 fully saturated rings. The van der Waals surface area contributed by atoms with E-state index in [1.165, 1.54) is 19.3 Å². The summed E-state index contributed by atoms with van der Waals surface area (Å²) in [5, 5.41) is 0. The van der Waals surface area contributed by atoms with Gasteiger partial charge in [-0.3, -0.25) is 0 Å². The molecule has 0 saturated heterocycles. The molecule has 0 saturated carbocycles. The summed E-state index contributed by atoms with van der Waals surface area (Å²) in [6.07, 6.45) is 4.41. The minimum atomic E-state index is -0.792. The molecule has 0 bridgehead atoms. The van der Waals surface area contributed by atoms with Crippen molar-refractivity contribution in [1.82, 2.24) is 0 Å². The topological polar surface area (TPSA) is 0 Å². The zero-order chi connectivity index (χ0) is 14.1. The van der Waals surface area contributed by atoms with Gasteiger partial charge in [-0.1, -0.05) is 0 Å². The first-order valence-corrected chi connectivity index (χ1v) is 19.9. The summed E-state index contributed by atoms with van der Waals surface area (Å²) in [5.74, 6) is 0. The average molecular weight is 349 g/mol. The third-order valence-corrected chi connectivity index (χ3v) is 49.5. The Morgan fingerprint density at radius 3 is 1.39 bits per heavy atom. The molecule has 0 aromatic rings. The van der Waals surface area contributed by atoms with Crippen molar-refractivity contribution in [3.05, 3.63) is 0 Å². The van der Waals surface area contributed by atoms with Gasteiger partial charge in [0, 0.05) is 0 Å². The fourth-order valence-electron chi connectivity index (χ4n) is 3.24. The van der Waals surface area contributed by atoms with E-state index >= 15 is 0 Å². The monoisotopic (exact) mass is 348 g/mol. The Labute approximate surface area is 124 Å². The third-order valence-electron chi connectivity index (χ3n) is 4.97. The molecule has 0 aliphatic carbocycles. The van der Waals surface area contributed by atoms with Gasteiger partial charge in [-0.2, -0.15) is 0 Å². The second kappa shape index (κ2) is 9.83. The Bertz CT molecular complexity index is 199. The molecule has 3 heteroatoms. The second-order valence-corrected chi connectivity index (χ2v) is 34.0. The molecule has 18 heavy (non-hydrogen) atoms. The molecule has 0 aromatic heterocycles. The van der Waals surface area contributed by atoms with E-state index in [9.17, 15) is 0 Å². The molecule has 0 N–H and O–H groups in total. The zero-order valence-electron chi connectivity index (χ0n) is 13.9. The Morgan fingerprint density at radius 1 is 0.611 bits per heavy atom. The summed E-state index contributed by atoms with van der Waals surface area (Å²) < 4.78 is 0. The van der Waals surface area contributed by atoms with Gasteiger partial charge in [-0.15, -0.1) is 0 Å². The van der Waals surface area contributed by atoms with E-state index < -0.39 is 13.1 Å². The SMILES string of the molecule is CCCC[Si](CC)(CC)[AsH][Si](CC)(CC)CCC. The predicted molar refractivity (Wildman–Crippen MR) is 95.4 cm³/mol. The van der Waals surface area contributed by atoms with Crippen molar-refractivity contribution < 1.29 is 0 Å². The maximum atomic E-state index is 2.53. The van der Waals surface area contributed by atoms with Gasteiger partial charge >= 0.3 is 125 Å². The summed E-state index contributed by atoms with van der Waals surface area (Å²) in [4.78, 5) is 0. The Kier molecular flexibility index (Phi) is 10.4. The van der Waals surface area contributed by atoms with Gasteiger partial charge in [0.15, 0.2) is 0 Å². The van der Waals surface area contributed by atoms with E-state index in [0.717, 1.165) is 0 Å². The molecule has 1 unspecified atom stereocenters. The second-order valence-electron chi connectivity index (χ2n) is 5.95. The molecule has 1 atom stereocenters. The summed E-state index contributed by atoms with van der Waals surface area (Å²) in [5.41, 5.74) is 0. The number of hydrogen-bond acceptors (Lipinski definition) is 0. The Balaban J connectivity index is 4.89. The van der Waals surface area contributed by atoms with Gasteiger partial charge in [0.1, 0.15) is 0 Å². The molecule has 0 aliphatic rings. The van der Waals surface area contributed by atoms with Crippen LogP contribution in [-0.2, 0) is 0 Å². The first-order chi connectivity index (χ1) is 8.57. The Hall–Kier alpha value is 0.992. The molecule has 0 rings (SSSR count). The predicted octanol–water partition coefficient (Wildman–Crippen LogP) is 5.60. The summed E-state index contributed by atoms with van der Waals surface area (Å²) in [6.45, 7) is 13.3. The van der Waals surface area contributed by atoms with Crippen LogP contribution in [-0.4, -0.2) is 27.5 Å². The molecule has 0 aliphatic heterocycles. The van der Waals surface area contributed by atoms with Crippen LogP contribution in [0.4, 0.5) is 0 Å². The first-order valence-electron chi connectivity index (χ1n) is 8.36. The van der Waals surface area contributed by atoms with Crippen molar-refractivity contribution in [2.24, 2.45) is 0 Å². The van der Waals surface area contributed by atoms with E-state index in [1.807, 2.05) is 0 Å². The van der Waals surface area contributed by atoms with Gasteiger partial charge in [0.25, 0.3) is 0 Å². The van der Waals surface area contributed by atoms with Crippen molar-refractivity contribution in [2.75, 3.05) is 0 Å². The van der Waals surface area contributed by atoms with Crippen LogP contribution in [0.15, 0.2) is 0 Å². The molecule has 0 amide bonds. The molecule has 110 valence electrons. The van der Waals surface area contributed by atoms with Crippen LogP contribution in [0, 0.1) is 0 Å². The summed E-state index contributed by atoms with van der Waals surface area (Å²) in [7, 11) is 0. The van der Waals surface area contributed by atoms with Crippen molar-refractivity contribution in [1.29, 1.82) is 0 Å². The van der Waals surface area contributed by atoms with Crippen LogP contribution in [0.3, 0.4) is 0 Å². The van der Waals surface area contributed by atoms with Crippen LogP contribution in [0.1, 0.15) is 60.8 Å². The fourth-order valence-corrected chi connectivity index (χ4v) is 58.0. The number of hydrogen-bond donors (Lipinski definition) is 0. The van der Waals surface area contributed by atoms with E-state index in [4.69, 9.17) is 0 Å². The zero-order valence-corrected chi connectivity index (χ0v) is 18.0. The van der Waals surface area contributed by atoms with Crippen LogP contribution in [0.25, 0.3) is 0 Å². The van der Waals surface area contributed by atoms with Gasteiger partial charge in [-0.25, -0.2) is 0 Å². The standard InChI is InChI=1S/C15H37AsSi2/c1-7-13-15-18(11-5,12-6)16-17(9-3,10-4)14-8-2/h16H,7-15H2,1-6H3. The molecular formula is C15H37AsSi2. The number of rotatable bonds is 11. The maximum absolute atomic E-state index is 2.53. The average Bonchev–Trinajstić information content (AvgIpc) is 2.43. The van der Waals surface area contributed by atoms with Crippen molar-refractivity contribution in [3.63, 3.8) is 0 Å². The molecule has 0 heterocycles. The van der Waals surface area contributed by atoms with Gasteiger partial charge in [-0.05, 0) is 0 Å². The quantitative estimate of drug-likeness (QED) is 0.426. The number of unbranched alkanes of at least 4 members (excludes halogenated alkanes) is 1. The van der Waals surface area contributed by atoms with E-state index in [2.05, 4.69) is 41.5 Å². The normalized spacial score (nSPS) is 13.7. The molecular weight excluding hydrogens is 311 g/mol. The van der Waals surface area contributed by atoms with E-state index in [1.54, 1.807) is 36.3 Å². The van der Waals surface area contributed by atoms with Crippen molar-refractivity contribution >= 4 is 27.5 Å². The Morgan fingerprint density at radius 2 is 1.06 bits per heavy atom. The first kappa shape index (κ1) is 19.0. The molecule has 0 aromatic carbocycles. The third kappa shape index (κ3) is 5.55. The fraction of sp³-hybridized carbons (Fsp3) is 1.00. The van der Waals surface area contributed by atoms with E-state index in [-0.39, 0.29) is 0 Å². The van der Waals surface area contributed by atoms with Crippen LogP contribution < -0.4 is 0 Å². The summed E-state index contributed by atoms with van der Waals surface area (Å²) in [6, 6.07) is 9.72. The molecule has 0 spiro atoms. The summed E-state index contributed by atoms with van der Waals surface area (Å²) >= 11 is 0.419.